The summed E-state index contributed by atoms with van der Waals surface area (Å²) in [5, 5.41) is 1.69. The molecule has 0 saturated carbocycles. The van der Waals surface area contributed by atoms with Crippen LogP contribution in [0.25, 0.3) is 0 Å². The first-order chi connectivity index (χ1) is 14.6. The van der Waals surface area contributed by atoms with E-state index in [1.54, 1.807) is 5.38 Å². The lowest BCUT2D eigenvalue weighted by Gasteiger charge is -2.19. The lowest BCUT2D eigenvalue weighted by molar-refractivity contribution is -0.137. The molecule has 0 aliphatic rings. The highest BCUT2D eigenvalue weighted by Gasteiger charge is 2.31. The van der Waals surface area contributed by atoms with Crippen LogP contribution in [0, 0.1) is 0 Å². The number of carbonyl (C=O) groups excluding carboxylic acids is 3. The van der Waals surface area contributed by atoms with Crippen LogP contribution in [0.4, 0.5) is 24.0 Å². The normalized spacial score (nSPS) is 11.3. The average Bonchev–Trinajstić information content (AvgIpc) is 3.36. The van der Waals surface area contributed by atoms with Crippen LogP contribution in [0.5, 0.6) is 0 Å². The van der Waals surface area contributed by atoms with Gasteiger partial charge in [0.1, 0.15) is 11.5 Å². The minimum Gasteiger partial charge on any atom is -0.455 e. The van der Waals surface area contributed by atoms with Gasteiger partial charge in [0.2, 0.25) is 5.91 Å². The van der Waals surface area contributed by atoms with Crippen LogP contribution in [-0.4, -0.2) is 22.6 Å². The van der Waals surface area contributed by atoms with Gasteiger partial charge in [0.05, 0.1) is 21.8 Å². The molecule has 0 N–H and O–H groups in total. The molecule has 0 aliphatic carbocycles. The number of thiazole rings is 1. The Kier molecular flexibility index (Phi) is 6.56. The summed E-state index contributed by atoms with van der Waals surface area (Å²) in [6.07, 6.45) is -4.55. The smallest absolute Gasteiger partial charge is 0.416 e. The Morgan fingerprint density at radius 3 is 2.42 bits per heavy atom. The van der Waals surface area contributed by atoms with Crippen molar-refractivity contribution in [1.29, 1.82) is 0 Å². The van der Waals surface area contributed by atoms with Crippen molar-refractivity contribution < 1.29 is 32.3 Å². The lowest BCUT2D eigenvalue weighted by atomic mass is 10.2. The van der Waals surface area contributed by atoms with Crippen LogP contribution in [0.1, 0.15) is 44.4 Å². The summed E-state index contributed by atoms with van der Waals surface area (Å²) in [7, 11) is 0. The van der Waals surface area contributed by atoms with Crippen LogP contribution in [-0.2, 0) is 22.3 Å². The largest absolute Gasteiger partial charge is 0.455 e. The van der Waals surface area contributed by atoms with E-state index in [1.165, 1.54) is 38.1 Å². The first kappa shape index (κ1) is 22.6. The van der Waals surface area contributed by atoms with Gasteiger partial charge in [-0.1, -0.05) is 6.07 Å². The summed E-state index contributed by atoms with van der Waals surface area (Å²) in [6, 6.07) is 7.38. The molecule has 11 heteroatoms. The number of aromatic nitrogens is 1. The fraction of sp³-hybridized carbons (Fsp3) is 0.200. The number of Topliss-reactive ketones (excluding diaryl/α,β-unsaturated/α-hetero) is 1. The maximum atomic E-state index is 13.0. The number of carbonyl (C=O) groups is 3. The van der Waals surface area contributed by atoms with Crippen molar-refractivity contribution in [2.45, 2.75) is 26.6 Å². The number of rotatable bonds is 6. The Morgan fingerprint density at radius 2 is 1.81 bits per heavy atom. The topological polar surface area (TPSA) is 76.6 Å². The molecule has 0 unspecified atom stereocenters. The highest BCUT2D eigenvalue weighted by Crippen LogP contribution is 2.35. The lowest BCUT2D eigenvalue weighted by Crippen LogP contribution is -2.23. The summed E-state index contributed by atoms with van der Waals surface area (Å²) in [4.78, 5) is 41.6. The summed E-state index contributed by atoms with van der Waals surface area (Å²) < 4.78 is 44.2. The van der Waals surface area contributed by atoms with Gasteiger partial charge in [-0.3, -0.25) is 14.5 Å². The molecule has 0 spiro atoms. The van der Waals surface area contributed by atoms with Gasteiger partial charge in [0.15, 0.2) is 10.9 Å². The van der Waals surface area contributed by atoms with E-state index in [2.05, 4.69) is 4.98 Å². The van der Waals surface area contributed by atoms with Gasteiger partial charge < -0.3 is 4.74 Å². The molecule has 0 aliphatic heterocycles. The van der Waals surface area contributed by atoms with E-state index in [0.29, 0.717) is 10.6 Å². The van der Waals surface area contributed by atoms with Crippen LogP contribution in [0.2, 0.25) is 0 Å². The first-order valence-corrected chi connectivity index (χ1v) is 10.5. The Labute approximate surface area is 182 Å². The van der Waals surface area contributed by atoms with Gasteiger partial charge >= 0.3 is 12.1 Å². The number of ether oxygens (including phenoxy) is 1. The number of amides is 1. The zero-order valence-corrected chi connectivity index (χ0v) is 17.9. The standard InChI is InChI=1S/C20H15F3N2O4S2/c1-11(26)16-6-7-17(31-16)18(28)29-9-14-10-30-19(24-14)25(12(2)27)15-5-3-4-13(8-15)20(21,22)23/h3-8,10H,9H2,1-2H3. The van der Waals surface area contributed by atoms with Crippen LogP contribution >= 0.6 is 22.7 Å². The maximum absolute atomic E-state index is 13.0. The molecular weight excluding hydrogens is 453 g/mol. The second kappa shape index (κ2) is 8.98. The molecule has 31 heavy (non-hydrogen) atoms. The molecule has 0 saturated heterocycles. The number of nitrogens with zero attached hydrogens (tertiary/aromatic N) is 2. The highest BCUT2D eigenvalue weighted by atomic mass is 32.1. The second-order valence-electron chi connectivity index (χ2n) is 6.32. The van der Waals surface area contributed by atoms with Crippen molar-refractivity contribution in [3.63, 3.8) is 0 Å². The molecule has 0 radical (unpaired) electrons. The number of hydrogen-bond donors (Lipinski definition) is 0. The number of esters is 1. The number of anilines is 2. The van der Waals surface area contributed by atoms with Crippen LogP contribution in [0.15, 0.2) is 41.8 Å². The molecule has 162 valence electrons. The number of benzene rings is 1. The molecule has 1 amide bonds. The molecule has 1 aromatic carbocycles. The molecule has 0 fully saturated rings. The van der Waals surface area contributed by atoms with E-state index < -0.39 is 23.6 Å². The van der Waals surface area contributed by atoms with Gasteiger partial charge in [-0.25, -0.2) is 9.78 Å². The van der Waals surface area contributed by atoms with Gasteiger partial charge in [0.25, 0.3) is 0 Å². The SMILES string of the molecule is CC(=O)c1ccc(C(=O)OCc2csc(N(C(C)=O)c3cccc(C(F)(F)F)c3)n2)s1. The van der Waals surface area contributed by atoms with E-state index in [1.807, 2.05) is 0 Å². The van der Waals surface area contributed by atoms with Crippen molar-refractivity contribution in [2.75, 3.05) is 4.90 Å². The van der Waals surface area contributed by atoms with Gasteiger partial charge in [-0.05, 0) is 37.3 Å². The fourth-order valence-electron chi connectivity index (χ4n) is 2.56. The van der Waals surface area contributed by atoms with Gasteiger partial charge in [0, 0.05) is 12.3 Å². The number of ketones is 1. The average molecular weight is 468 g/mol. The monoisotopic (exact) mass is 468 g/mol. The van der Waals surface area contributed by atoms with Crippen LogP contribution in [0.3, 0.4) is 0 Å². The quantitative estimate of drug-likeness (QED) is 0.354. The van der Waals surface area contributed by atoms with E-state index in [9.17, 15) is 27.6 Å². The van der Waals surface area contributed by atoms with E-state index in [4.69, 9.17) is 4.74 Å². The number of hydrogen-bond acceptors (Lipinski definition) is 7. The van der Waals surface area contributed by atoms with Gasteiger partial charge in [-0.2, -0.15) is 13.2 Å². The molecule has 0 atom stereocenters. The van der Waals surface area contributed by atoms with Crippen molar-refractivity contribution >= 4 is 51.2 Å². The van der Waals surface area contributed by atoms with E-state index in [-0.39, 0.29) is 28.1 Å². The summed E-state index contributed by atoms with van der Waals surface area (Å²) >= 11 is 2.04. The van der Waals surface area contributed by atoms with Crippen molar-refractivity contribution in [3.8, 4) is 0 Å². The molecule has 0 bridgehead atoms. The fourth-order valence-corrected chi connectivity index (χ4v) is 4.23. The zero-order valence-electron chi connectivity index (χ0n) is 16.2. The first-order valence-electron chi connectivity index (χ1n) is 8.76. The van der Waals surface area contributed by atoms with Crippen molar-refractivity contribution in [1.82, 2.24) is 4.98 Å². The third-order valence-electron chi connectivity index (χ3n) is 3.98. The van der Waals surface area contributed by atoms with E-state index in [0.717, 1.165) is 39.7 Å². The van der Waals surface area contributed by atoms with E-state index >= 15 is 0 Å². The Morgan fingerprint density at radius 1 is 1.10 bits per heavy atom. The number of thiophene rings is 1. The molecule has 6 nitrogen and oxygen atoms in total. The predicted molar refractivity (Wildman–Crippen MR) is 110 cm³/mol. The van der Waals surface area contributed by atoms with Crippen molar-refractivity contribution in [2.24, 2.45) is 0 Å². The second-order valence-corrected chi connectivity index (χ2v) is 8.24. The third kappa shape index (κ3) is 5.36. The Balaban J connectivity index is 1.75. The maximum Gasteiger partial charge on any atom is 0.416 e. The predicted octanol–water partition coefficient (Wildman–Crippen LogP) is 5.47. The summed E-state index contributed by atoms with van der Waals surface area (Å²) in [5.74, 6) is -1.31. The minimum absolute atomic E-state index is 0.0237. The summed E-state index contributed by atoms with van der Waals surface area (Å²) in [6.45, 7) is 2.41. The molecule has 3 aromatic rings. The third-order valence-corrected chi connectivity index (χ3v) is 6.02. The molecule has 3 rings (SSSR count). The molecule has 2 aromatic heterocycles. The molecule has 2 heterocycles. The van der Waals surface area contributed by atoms with Crippen LogP contribution < -0.4 is 4.90 Å². The Bertz CT molecular complexity index is 1140. The number of alkyl halides is 3. The minimum atomic E-state index is -4.55. The highest BCUT2D eigenvalue weighted by molar-refractivity contribution is 7.15. The summed E-state index contributed by atoms with van der Waals surface area (Å²) in [5.41, 5.74) is -0.534. The molecular formula is C20H15F3N2O4S2. The Hall–Kier alpha value is -3.05. The van der Waals surface area contributed by atoms with Crippen molar-refractivity contribution in [3.05, 3.63) is 62.8 Å². The zero-order chi connectivity index (χ0) is 22.8. The van der Waals surface area contributed by atoms with Gasteiger partial charge in [-0.15, -0.1) is 22.7 Å². The number of halogens is 3.